The van der Waals surface area contributed by atoms with Crippen LogP contribution in [-0.2, 0) is 4.79 Å². The molecule has 0 bridgehead atoms. The number of amides is 1. The van der Waals surface area contributed by atoms with Crippen molar-refractivity contribution in [2.45, 2.75) is 6.61 Å². The number of hydrogen-bond acceptors (Lipinski definition) is 3. The molecule has 3 aromatic carbocycles. The molecule has 0 saturated heterocycles. The molecule has 0 spiro atoms. The summed E-state index contributed by atoms with van der Waals surface area (Å²) >= 11 is 5.89. The Kier molecular flexibility index (Phi) is 5.53. The summed E-state index contributed by atoms with van der Waals surface area (Å²) in [7, 11) is 0. The van der Waals surface area contributed by atoms with Gasteiger partial charge in [-0.05, 0) is 29.7 Å². The number of hydrogen-bond donors (Lipinski definition) is 2. The Balaban J connectivity index is 1.63. The first-order chi connectivity index (χ1) is 12.5. The van der Waals surface area contributed by atoms with Gasteiger partial charge in [0.05, 0.1) is 11.6 Å². The molecule has 0 atom stereocenters. The molecule has 4 nitrogen and oxygen atoms in total. The minimum absolute atomic E-state index is 0.00536. The van der Waals surface area contributed by atoms with E-state index in [4.69, 9.17) is 11.6 Å². The van der Waals surface area contributed by atoms with Crippen LogP contribution in [-0.4, -0.2) is 19.1 Å². The fraction of sp³-hybridized carbons (Fsp3) is 0.105. The van der Waals surface area contributed by atoms with Gasteiger partial charge in [-0.2, -0.15) is 8.78 Å². The molecule has 0 aliphatic rings. The van der Waals surface area contributed by atoms with Gasteiger partial charge >= 0.3 is 6.61 Å². The van der Waals surface area contributed by atoms with Gasteiger partial charge in [0.2, 0.25) is 5.91 Å². The zero-order valence-electron chi connectivity index (χ0n) is 13.5. The van der Waals surface area contributed by atoms with Crippen LogP contribution in [0.2, 0.25) is 5.02 Å². The average molecular weight is 377 g/mol. The number of carbonyl (C=O) groups is 1. The van der Waals surface area contributed by atoms with E-state index in [1.807, 2.05) is 42.5 Å². The molecule has 134 valence electrons. The Hall–Kier alpha value is -2.86. The Bertz CT molecular complexity index is 929. The summed E-state index contributed by atoms with van der Waals surface area (Å²) in [6.45, 7) is -2.95. The summed E-state index contributed by atoms with van der Waals surface area (Å²) in [6, 6.07) is 17.6. The van der Waals surface area contributed by atoms with Crippen LogP contribution in [0.1, 0.15) is 0 Å². The highest BCUT2D eigenvalue weighted by molar-refractivity contribution is 6.32. The largest absolute Gasteiger partial charge is 0.433 e. The maximum absolute atomic E-state index is 12.2. The number of ether oxygens (including phenoxy) is 1. The molecule has 0 fully saturated rings. The van der Waals surface area contributed by atoms with E-state index in [1.165, 1.54) is 18.2 Å². The number of rotatable bonds is 6. The van der Waals surface area contributed by atoms with E-state index in [0.717, 1.165) is 10.8 Å². The number of benzene rings is 3. The molecule has 0 aliphatic heterocycles. The summed E-state index contributed by atoms with van der Waals surface area (Å²) < 4.78 is 28.7. The van der Waals surface area contributed by atoms with Crippen LogP contribution in [0.4, 0.5) is 20.2 Å². The SMILES string of the molecule is O=C(CNc1ccc(OC(F)F)c(Cl)c1)Nc1cccc2ccccc12. The molecule has 3 rings (SSSR count). The highest BCUT2D eigenvalue weighted by Crippen LogP contribution is 2.29. The van der Waals surface area contributed by atoms with Crippen LogP contribution < -0.4 is 15.4 Å². The van der Waals surface area contributed by atoms with Crippen LogP contribution in [0.25, 0.3) is 10.8 Å². The molecule has 7 heteroatoms. The third-order valence-electron chi connectivity index (χ3n) is 3.66. The van der Waals surface area contributed by atoms with Crippen LogP contribution in [0.15, 0.2) is 60.7 Å². The second-order valence-electron chi connectivity index (χ2n) is 5.45. The summed E-state index contributed by atoms with van der Waals surface area (Å²) in [5.74, 6) is -0.363. The molecule has 0 radical (unpaired) electrons. The molecule has 0 unspecified atom stereocenters. The maximum atomic E-state index is 12.2. The van der Waals surface area contributed by atoms with E-state index < -0.39 is 6.61 Å². The van der Waals surface area contributed by atoms with E-state index in [9.17, 15) is 13.6 Å². The molecule has 0 aromatic heterocycles. The van der Waals surface area contributed by atoms with Gasteiger partial charge in [-0.3, -0.25) is 4.79 Å². The second kappa shape index (κ2) is 8.01. The van der Waals surface area contributed by atoms with E-state index in [2.05, 4.69) is 15.4 Å². The van der Waals surface area contributed by atoms with Crippen molar-refractivity contribution >= 4 is 39.7 Å². The fourth-order valence-electron chi connectivity index (χ4n) is 2.51. The highest BCUT2D eigenvalue weighted by Gasteiger charge is 2.10. The van der Waals surface area contributed by atoms with Gasteiger partial charge in [-0.25, -0.2) is 0 Å². The molecule has 0 aliphatic carbocycles. The molecule has 3 aromatic rings. The Morgan fingerprint density at radius 3 is 2.62 bits per heavy atom. The Morgan fingerprint density at radius 2 is 1.85 bits per heavy atom. The number of halogens is 3. The topological polar surface area (TPSA) is 50.4 Å². The van der Waals surface area contributed by atoms with E-state index in [0.29, 0.717) is 11.4 Å². The van der Waals surface area contributed by atoms with Crippen molar-refractivity contribution in [2.75, 3.05) is 17.2 Å². The van der Waals surface area contributed by atoms with Crippen molar-refractivity contribution in [3.63, 3.8) is 0 Å². The first-order valence-corrected chi connectivity index (χ1v) is 8.16. The first-order valence-electron chi connectivity index (χ1n) is 7.79. The molecule has 0 saturated carbocycles. The molecule has 26 heavy (non-hydrogen) atoms. The van der Waals surface area contributed by atoms with E-state index in [-0.39, 0.29) is 23.2 Å². The van der Waals surface area contributed by atoms with Gasteiger partial charge < -0.3 is 15.4 Å². The summed E-state index contributed by atoms with van der Waals surface area (Å²) in [5.41, 5.74) is 1.23. The monoisotopic (exact) mass is 376 g/mol. The van der Waals surface area contributed by atoms with Crippen molar-refractivity contribution in [1.29, 1.82) is 0 Å². The van der Waals surface area contributed by atoms with Crippen molar-refractivity contribution in [2.24, 2.45) is 0 Å². The van der Waals surface area contributed by atoms with E-state index in [1.54, 1.807) is 0 Å². The van der Waals surface area contributed by atoms with Gasteiger partial charge in [0, 0.05) is 16.8 Å². The standard InChI is InChI=1S/C19H15ClF2N2O2/c20-15-10-13(8-9-17(15)26-19(21)22)23-11-18(25)24-16-7-3-5-12-4-1-2-6-14(12)16/h1-10,19,23H,11H2,(H,24,25). The third-order valence-corrected chi connectivity index (χ3v) is 3.96. The lowest BCUT2D eigenvalue weighted by Gasteiger charge is -2.11. The van der Waals surface area contributed by atoms with Crippen LogP contribution in [0.5, 0.6) is 5.75 Å². The Morgan fingerprint density at radius 1 is 1.08 bits per heavy atom. The number of anilines is 2. The fourth-order valence-corrected chi connectivity index (χ4v) is 2.74. The van der Waals surface area contributed by atoms with Gasteiger partial charge in [0.1, 0.15) is 5.75 Å². The number of carbonyl (C=O) groups excluding carboxylic acids is 1. The van der Waals surface area contributed by atoms with E-state index >= 15 is 0 Å². The summed E-state index contributed by atoms with van der Waals surface area (Å²) in [6.07, 6.45) is 0. The average Bonchev–Trinajstić information content (AvgIpc) is 2.62. The normalized spacial score (nSPS) is 10.8. The zero-order chi connectivity index (χ0) is 18.5. The lowest BCUT2D eigenvalue weighted by Crippen LogP contribution is -2.21. The third kappa shape index (κ3) is 4.40. The lowest BCUT2D eigenvalue weighted by molar-refractivity contribution is -0.114. The highest BCUT2D eigenvalue weighted by atomic mass is 35.5. The zero-order valence-corrected chi connectivity index (χ0v) is 14.3. The maximum Gasteiger partial charge on any atom is 0.387 e. The van der Waals surface area contributed by atoms with Crippen molar-refractivity contribution in [1.82, 2.24) is 0 Å². The Labute approximate surface area is 153 Å². The molecule has 0 heterocycles. The molecule has 2 N–H and O–H groups in total. The predicted octanol–water partition coefficient (Wildman–Crippen LogP) is 5.15. The number of alkyl halides is 2. The van der Waals surface area contributed by atoms with Crippen LogP contribution in [0, 0.1) is 0 Å². The number of fused-ring (bicyclic) bond motifs is 1. The molecule has 1 amide bonds. The quantitative estimate of drug-likeness (QED) is 0.626. The van der Waals surface area contributed by atoms with Crippen molar-refractivity contribution in [3.8, 4) is 5.75 Å². The second-order valence-corrected chi connectivity index (χ2v) is 5.86. The summed E-state index contributed by atoms with van der Waals surface area (Å²) in [5, 5.41) is 7.75. The predicted molar refractivity (Wildman–Crippen MR) is 99.2 cm³/mol. The van der Waals surface area contributed by atoms with Gasteiger partial charge in [-0.15, -0.1) is 0 Å². The first kappa shape index (κ1) is 17.9. The summed E-state index contributed by atoms with van der Waals surface area (Å²) in [4.78, 5) is 12.2. The molecular weight excluding hydrogens is 362 g/mol. The minimum atomic E-state index is -2.95. The minimum Gasteiger partial charge on any atom is -0.433 e. The van der Waals surface area contributed by atoms with Gasteiger partial charge in [0.25, 0.3) is 0 Å². The van der Waals surface area contributed by atoms with Crippen LogP contribution >= 0.6 is 11.6 Å². The van der Waals surface area contributed by atoms with Crippen molar-refractivity contribution in [3.05, 3.63) is 65.7 Å². The van der Waals surface area contributed by atoms with Crippen LogP contribution in [0.3, 0.4) is 0 Å². The van der Waals surface area contributed by atoms with Crippen molar-refractivity contribution < 1.29 is 18.3 Å². The molecular formula is C19H15ClF2N2O2. The van der Waals surface area contributed by atoms with Gasteiger partial charge in [-0.1, -0.05) is 48.0 Å². The number of nitrogens with one attached hydrogen (secondary N) is 2. The van der Waals surface area contributed by atoms with Gasteiger partial charge in [0.15, 0.2) is 0 Å². The smallest absolute Gasteiger partial charge is 0.387 e. The lowest BCUT2D eigenvalue weighted by atomic mass is 10.1.